The first-order valence-electron chi connectivity index (χ1n) is 6.21. The van der Waals surface area contributed by atoms with Gasteiger partial charge in [-0.1, -0.05) is 17.9 Å². The van der Waals surface area contributed by atoms with E-state index in [2.05, 4.69) is 22.1 Å². The number of nitrogens with zero attached hydrogens (tertiary/aromatic N) is 1. The van der Waals surface area contributed by atoms with Crippen LogP contribution in [-0.4, -0.2) is 17.4 Å². The first-order chi connectivity index (χ1) is 9.78. The Balaban J connectivity index is 1.83. The van der Waals surface area contributed by atoms with Gasteiger partial charge in [0.1, 0.15) is 0 Å². The normalized spacial score (nSPS) is 9.65. The van der Waals surface area contributed by atoms with Gasteiger partial charge >= 0.3 is 0 Å². The Hall–Kier alpha value is -2.16. The third-order valence-electron chi connectivity index (χ3n) is 2.52. The van der Waals surface area contributed by atoms with Crippen LogP contribution in [0.5, 0.6) is 0 Å². The predicted octanol–water partition coefficient (Wildman–Crippen LogP) is 1.31. The molecule has 0 aliphatic carbocycles. The van der Waals surface area contributed by atoms with Gasteiger partial charge in [-0.05, 0) is 18.2 Å². The van der Waals surface area contributed by atoms with Gasteiger partial charge in [-0.2, -0.15) is 0 Å². The van der Waals surface area contributed by atoms with Crippen molar-refractivity contribution in [2.45, 2.75) is 13.0 Å². The molecule has 2 aromatic heterocycles. The van der Waals surface area contributed by atoms with E-state index in [-0.39, 0.29) is 5.91 Å². The van der Waals surface area contributed by atoms with Gasteiger partial charge in [0.15, 0.2) is 0 Å². The monoisotopic (exact) mass is 285 g/mol. The highest BCUT2D eigenvalue weighted by Gasteiger charge is 2.05. The van der Waals surface area contributed by atoms with Crippen LogP contribution < -0.4 is 11.1 Å². The van der Waals surface area contributed by atoms with Gasteiger partial charge < -0.3 is 11.1 Å². The summed E-state index contributed by atoms with van der Waals surface area (Å²) >= 11 is 1.57. The zero-order valence-corrected chi connectivity index (χ0v) is 11.7. The molecule has 102 valence electrons. The van der Waals surface area contributed by atoms with E-state index >= 15 is 0 Å². The van der Waals surface area contributed by atoms with Gasteiger partial charge in [0, 0.05) is 27.7 Å². The molecule has 0 aromatic carbocycles. The van der Waals surface area contributed by atoms with Crippen molar-refractivity contribution >= 4 is 17.2 Å². The molecule has 5 heteroatoms. The molecule has 0 radical (unpaired) electrons. The van der Waals surface area contributed by atoms with Crippen LogP contribution in [0.25, 0.3) is 0 Å². The number of aromatic nitrogens is 1. The van der Waals surface area contributed by atoms with Crippen LogP contribution in [0.15, 0.2) is 35.8 Å². The molecule has 20 heavy (non-hydrogen) atoms. The average Bonchev–Trinajstić information content (AvgIpc) is 2.92. The molecule has 0 bridgehead atoms. The van der Waals surface area contributed by atoms with E-state index < -0.39 is 0 Å². The van der Waals surface area contributed by atoms with Crippen molar-refractivity contribution in [3.05, 3.63) is 52.0 Å². The van der Waals surface area contributed by atoms with E-state index in [0.29, 0.717) is 19.5 Å². The lowest BCUT2D eigenvalue weighted by atomic mass is 10.2. The molecule has 3 N–H and O–H groups in total. The van der Waals surface area contributed by atoms with Crippen molar-refractivity contribution in [3.8, 4) is 11.8 Å². The van der Waals surface area contributed by atoms with E-state index in [0.717, 1.165) is 16.1 Å². The largest absolute Gasteiger partial charge is 0.351 e. The second-order valence-electron chi connectivity index (χ2n) is 4.08. The summed E-state index contributed by atoms with van der Waals surface area (Å²) in [5, 5.41) is 4.84. The van der Waals surface area contributed by atoms with Crippen LogP contribution in [0, 0.1) is 11.8 Å². The Bertz CT molecular complexity index is 625. The maximum absolute atomic E-state index is 11.8. The zero-order chi connectivity index (χ0) is 14.2. The molecular formula is C15H15N3OS. The smallest absolute Gasteiger partial charge is 0.226 e. The molecule has 2 aromatic rings. The summed E-state index contributed by atoms with van der Waals surface area (Å²) in [6.07, 6.45) is 1.98. The Labute approximate surface area is 122 Å². The number of nitrogens with two attached hydrogens (primary N) is 1. The molecule has 0 saturated carbocycles. The first kappa shape index (κ1) is 14.3. The van der Waals surface area contributed by atoms with Gasteiger partial charge in [-0.3, -0.25) is 9.78 Å². The van der Waals surface area contributed by atoms with E-state index in [1.54, 1.807) is 17.5 Å². The van der Waals surface area contributed by atoms with Crippen LogP contribution >= 0.6 is 11.3 Å². The van der Waals surface area contributed by atoms with Crippen molar-refractivity contribution in [1.29, 1.82) is 0 Å². The van der Waals surface area contributed by atoms with Crippen LogP contribution in [0.1, 0.15) is 16.1 Å². The topological polar surface area (TPSA) is 68.0 Å². The Morgan fingerprint density at radius 1 is 1.45 bits per heavy atom. The quantitative estimate of drug-likeness (QED) is 0.832. The number of pyridine rings is 1. The average molecular weight is 285 g/mol. The van der Waals surface area contributed by atoms with E-state index in [1.807, 2.05) is 29.6 Å². The van der Waals surface area contributed by atoms with E-state index in [4.69, 9.17) is 5.73 Å². The highest BCUT2D eigenvalue weighted by molar-refractivity contribution is 7.10. The standard InChI is InChI=1S/C15H15N3OS/c16-6-3-4-12-8-14(20-11-12)10-18-15(19)9-13-5-1-2-7-17-13/h1-2,5,7-8,11H,6,9-10,16H2,(H,18,19). The molecule has 4 nitrogen and oxygen atoms in total. The fourth-order valence-electron chi connectivity index (χ4n) is 1.61. The zero-order valence-electron chi connectivity index (χ0n) is 10.9. The van der Waals surface area contributed by atoms with Gasteiger partial charge in [0.2, 0.25) is 5.91 Å². The molecule has 0 atom stereocenters. The Morgan fingerprint density at radius 2 is 2.35 bits per heavy atom. The number of rotatable bonds is 4. The van der Waals surface area contributed by atoms with Crippen LogP contribution in [0.4, 0.5) is 0 Å². The van der Waals surface area contributed by atoms with E-state index in [1.165, 1.54) is 0 Å². The number of hydrogen-bond donors (Lipinski definition) is 2. The van der Waals surface area contributed by atoms with Crippen molar-refractivity contribution in [3.63, 3.8) is 0 Å². The number of hydrogen-bond acceptors (Lipinski definition) is 4. The minimum atomic E-state index is -0.0355. The summed E-state index contributed by atoms with van der Waals surface area (Å²) in [6.45, 7) is 0.868. The first-order valence-corrected chi connectivity index (χ1v) is 7.09. The second-order valence-corrected chi connectivity index (χ2v) is 5.08. The van der Waals surface area contributed by atoms with Crippen molar-refractivity contribution in [2.75, 3.05) is 6.54 Å². The molecule has 0 fully saturated rings. The summed E-state index contributed by atoms with van der Waals surface area (Å²) in [4.78, 5) is 17.0. The fraction of sp³-hybridized carbons (Fsp3) is 0.200. The van der Waals surface area contributed by atoms with Crippen LogP contribution in [0.2, 0.25) is 0 Å². The summed E-state index contributed by atoms with van der Waals surface area (Å²) < 4.78 is 0. The van der Waals surface area contributed by atoms with E-state index in [9.17, 15) is 4.79 Å². The molecule has 0 spiro atoms. The minimum Gasteiger partial charge on any atom is -0.351 e. The Kier molecular flexibility index (Phi) is 5.30. The third kappa shape index (κ3) is 4.50. The lowest BCUT2D eigenvalue weighted by Gasteiger charge is -2.02. The van der Waals surface area contributed by atoms with Crippen molar-refractivity contribution in [1.82, 2.24) is 10.3 Å². The molecule has 1 amide bonds. The summed E-state index contributed by atoms with van der Waals surface area (Å²) in [5.74, 6) is 5.73. The second kappa shape index (κ2) is 7.43. The maximum atomic E-state index is 11.8. The van der Waals surface area contributed by atoms with Gasteiger partial charge in [-0.15, -0.1) is 11.3 Å². The third-order valence-corrected chi connectivity index (χ3v) is 3.45. The molecule has 0 unspecified atom stereocenters. The molecule has 0 aliphatic rings. The van der Waals surface area contributed by atoms with Gasteiger partial charge in [-0.25, -0.2) is 0 Å². The number of thiophene rings is 1. The lowest BCUT2D eigenvalue weighted by Crippen LogP contribution is -2.24. The number of carbonyl (C=O) groups excluding carboxylic acids is 1. The molecule has 2 heterocycles. The maximum Gasteiger partial charge on any atom is 0.226 e. The highest BCUT2D eigenvalue weighted by Crippen LogP contribution is 2.13. The number of amides is 1. The number of nitrogens with one attached hydrogen (secondary N) is 1. The predicted molar refractivity (Wildman–Crippen MR) is 80.0 cm³/mol. The number of carbonyl (C=O) groups is 1. The lowest BCUT2D eigenvalue weighted by molar-refractivity contribution is -0.120. The summed E-state index contributed by atoms with van der Waals surface area (Å²) in [7, 11) is 0. The van der Waals surface area contributed by atoms with Crippen molar-refractivity contribution < 1.29 is 4.79 Å². The molecule has 0 aliphatic heterocycles. The molecular weight excluding hydrogens is 270 g/mol. The SMILES string of the molecule is NCC#Cc1csc(CNC(=O)Cc2ccccn2)c1. The van der Waals surface area contributed by atoms with Crippen molar-refractivity contribution in [2.24, 2.45) is 5.73 Å². The van der Waals surface area contributed by atoms with Crippen LogP contribution in [0.3, 0.4) is 0 Å². The van der Waals surface area contributed by atoms with Crippen LogP contribution in [-0.2, 0) is 17.8 Å². The van der Waals surface area contributed by atoms with Gasteiger partial charge in [0.25, 0.3) is 0 Å². The molecule has 0 saturated heterocycles. The summed E-state index contributed by atoms with van der Waals surface area (Å²) in [5.41, 5.74) is 7.03. The Morgan fingerprint density at radius 3 is 3.10 bits per heavy atom. The van der Waals surface area contributed by atoms with Gasteiger partial charge in [0.05, 0.1) is 19.5 Å². The highest BCUT2D eigenvalue weighted by atomic mass is 32.1. The minimum absolute atomic E-state index is 0.0355. The summed E-state index contributed by atoms with van der Waals surface area (Å²) in [6, 6.07) is 7.51. The fourth-order valence-corrected chi connectivity index (χ4v) is 2.36. The molecule has 2 rings (SSSR count).